The van der Waals surface area contributed by atoms with Gasteiger partial charge < -0.3 is 15.0 Å². The molecule has 0 aliphatic carbocycles. The van der Waals surface area contributed by atoms with Crippen molar-refractivity contribution in [2.24, 2.45) is 5.92 Å². The summed E-state index contributed by atoms with van der Waals surface area (Å²) in [6, 6.07) is 9.75. The van der Waals surface area contributed by atoms with E-state index in [9.17, 15) is 14.4 Å². The Morgan fingerprint density at radius 2 is 2.08 bits per heavy atom. The van der Waals surface area contributed by atoms with Gasteiger partial charge in [-0.15, -0.1) is 0 Å². The molecular formula is C19H24N2O4. The number of amides is 2. The maximum absolute atomic E-state index is 12.3. The van der Waals surface area contributed by atoms with Crippen LogP contribution in [0.3, 0.4) is 0 Å². The van der Waals surface area contributed by atoms with Crippen molar-refractivity contribution in [3.63, 3.8) is 0 Å². The molecule has 134 valence electrons. The summed E-state index contributed by atoms with van der Waals surface area (Å²) in [7, 11) is 1.31. The molecule has 1 aliphatic rings. The molecule has 6 heteroatoms. The quantitative estimate of drug-likeness (QED) is 0.465. The van der Waals surface area contributed by atoms with Crippen molar-refractivity contribution < 1.29 is 19.1 Å². The van der Waals surface area contributed by atoms with Crippen LogP contribution in [-0.2, 0) is 19.1 Å². The first kappa shape index (κ1) is 18.7. The molecule has 1 N–H and O–H groups in total. The Morgan fingerprint density at radius 3 is 2.76 bits per heavy atom. The molecule has 1 aliphatic heterocycles. The molecule has 0 radical (unpaired) electrons. The van der Waals surface area contributed by atoms with Crippen LogP contribution in [0.5, 0.6) is 0 Å². The molecule has 0 bridgehead atoms. The summed E-state index contributed by atoms with van der Waals surface area (Å²) in [5.41, 5.74) is 1.06. The smallest absolute Gasteiger partial charge is 0.330 e. The molecule has 1 saturated heterocycles. The third-order valence-corrected chi connectivity index (χ3v) is 4.34. The largest absolute Gasteiger partial charge is 0.466 e. The lowest BCUT2D eigenvalue weighted by Gasteiger charge is -2.25. The first-order chi connectivity index (χ1) is 12.0. The molecule has 1 aromatic rings. The summed E-state index contributed by atoms with van der Waals surface area (Å²) in [5.74, 6) is -0.869. The molecule has 2 unspecified atom stereocenters. The molecule has 6 nitrogen and oxygen atoms in total. The van der Waals surface area contributed by atoms with Gasteiger partial charge in [0.05, 0.1) is 19.1 Å². The van der Waals surface area contributed by atoms with E-state index < -0.39 is 5.97 Å². The van der Waals surface area contributed by atoms with E-state index in [-0.39, 0.29) is 30.2 Å². The Morgan fingerprint density at radius 1 is 1.36 bits per heavy atom. The van der Waals surface area contributed by atoms with E-state index in [1.807, 2.05) is 37.3 Å². The highest BCUT2D eigenvalue weighted by Crippen LogP contribution is 2.28. The minimum absolute atomic E-state index is 0.00194. The van der Waals surface area contributed by atoms with E-state index >= 15 is 0 Å². The lowest BCUT2D eigenvalue weighted by Crippen LogP contribution is -2.34. The SMILES string of the molecule is COC(=O)/C=C/CCNC(=O)C1CC(=O)N(C(C)c2ccccc2)C1. The minimum Gasteiger partial charge on any atom is -0.466 e. The molecule has 2 rings (SSSR count). The maximum Gasteiger partial charge on any atom is 0.330 e. The number of esters is 1. The van der Waals surface area contributed by atoms with Crippen molar-refractivity contribution in [2.75, 3.05) is 20.2 Å². The number of carbonyl (C=O) groups is 3. The van der Waals surface area contributed by atoms with E-state index in [2.05, 4.69) is 10.1 Å². The highest BCUT2D eigenvalue weighted by molar-refractivity contribution is 5.89. The summed E-state index contributed by atoms with van der Waals surface area (Å²) in [5, 5.41) is 2.81. The second-order valence-electron chi connectivity index (χ2n) is 6.04. The van der Waals surface area contributed by atoms with E-state index in [1.165, 1.54) is 13.2 Å². The van der Waals surface area contributed by atoms with Gasteiger partial charge in [-0.3, -0.25) is 9.59 Å². The number of hydrogen-bond donors (Lipinski definition) is 1. The van der Waals surface area contributed by atoms with Crippen molar-refractivity contribution in [3.05, 3.63) is 48.0 Å². The summed E-state index contributed by atoms with van der Waals surface area (Å²) >= 11 is 0. The summed E-state index contributed by atoms with van der Waals surface area (Å²) in [6.07, 6.45) is 3.75. The molecule has 1 heterocycles. The zero-order valence-electron chi connectivity index (χ0n) is 14.6. The van der Waals surface area contributed by atoms with Gasteiger partial charge in [-0.2, -0.15) is 0 Å². The van der Waals surface area contributed by atoms with E-state index in [0.29, 0.717) is 19.5 Å². The third kappa shape index (κ3) is 5.17. The van der Waals surface area contributed by atoms with Crippen molar-refractivity contribution in [2.45, 2.75) is 25.8 Å². The highest BCUT2D eigenvalue weighted by Gasteiger charge is 2.36. The number of hydrogen-bond acceptors (Lipinski definition) is 4. The monoisotopic (exact) mass is 344 g/mol. The number of carbonyl (C=O) groups excluding carboxylic acids is 3. The Balaban J connectivity index is 1.82. The highest BCUT2D eigenvalue weighted by atomic mass is 16.5. The average Bonchev–Trinajstić information content (AvgIpc) is 3.03. The standard InChI is InChI=1S/C19H24N2O4/c1-14(15-8-4-3-5-9-15)21-13-16(12-17(21)22)19(24)20-11-7-6-10-18(23)25-2/h3-6,8-10,14,16H,7,11-13H2,1-2H3,(H,20,24)/b10-6+. The Labute approximate surface area is 147 Å². The van der Waals surface area contributed by atoms with E-state index in [0.717, 1.165) is 5.56 Å². The first-order valence-electron chi connectivity index (χ1n) is 8.39. The van der Waals surface area contributed by atoms with Gasteiger partial charge in [0, 0.05) is 25.6 Å². The number of ether oxygens (including phenoxy) is 1. The first-order valence-corrected chi connectivity index (χ1v) is 8.39. The summed E-state index contributed by atoms with van der Waals surface area (Å²) in [6.45, 7) is 2.83. The number of nitrogens with zero attached hydrogens (tertiary/aromatic N) is 1. The Kier molecular flexibility index (Phi) is 6.74. The predicted octanol–water partition coefficient (Wildman–Crippen LogP) is 1.83. The number of benzene rings is 1. The fourth-order valence-electron chi connectivity index (χ4n) is 2.86. The average molecular weight is 344 g/mol. The van der Waals surface area contributed by atoms with Crippen LogP contribution in [0.4, 0.5) is 0 Å². The zero-order valence-corrected chi connectivity index (χ0v) is 14.6. The van der Waals surface area contributed by atoms with Crippen molar-refractivity contribution in [1.82, 2.24) is 10.2 Å². The van der Waals surface area contributed by atoms with Gasteiger partial charge >= 0.3 is 5.97 Å². The summed E-state index contributed by atoms with van der Waals surface area (Å²) in [4.78, 5) is 37.2. The normalized spacial score (nSPS) is 18.4. The molecule has 2 amide bonds. The minimum atomic E-state index is -0.418. The molecule has 25 heavy (non-hydrogen) atoms. The van der Waals surface area contributed by atoms with Gasteiger partial charge in [0.1, 0.15) is 0 Å². The molecule has 0 spiro atoms. The van der Waals surface area contributed by atoms with Gasteiger partial charge in [-0.1, -0.05) is 36.4 Å². The van der Waals surface area contributed by atoms with E-state index in [4.69, 9.17) is 0 Å². The fraction of sp³-hybridized carbons (Fsp3) is 0.421. The maximum atomic E-state index is 12.3. The zero-order chi connectivity index (χ0) is 18.2. The predicted molar refractivity (Wildman–Crippen MR) is 93.5 cm³/mol. The van der Waals surface area contributed by atoms with Crippen molar-refractivity contribution in [1.29, 1.82) is 0 Å². The topological polar surface area (TPSA) is 75.7 Å². The van der Waals surface area contributed by atoms with Gasteiger partial charge in [-0.25, -0.2) is 4.79 Å². The summed E-state index contributed by atoms with van der Waals surface area (Å²) < 4.78 is 4.49. The van der Waals surface area contributed by atoms with Crippen LogP contribution in [-0.4, -0.2) is 42.9 Å². The van der Waals surface area contributed by atoms with Crippen LogP contribution in [0.1, 0.15) is 31.4 Å². The van der Waals surface area contributed by atoms with Crippen LogP contribution in [0.15, 0.2) is 42.5 Å². The van der Waals surface area contributed by atoms with Gasteiger partial charge in [-0.05, 0) is 18.9 Å². The lowest BCUT2D eigenvalue weighted by molar-refractivity contribution is -0.135. The third-order valence-electron chi connectivity index (χ3n) is 4.34. The van der Waals surface area contributed by atoms with Gasteiger partial charge in [0.2, 0.25) is 11.8 Å². The molecule has 1 aromatic carbocycles. The molecule has 0 saturated carbocycles. The number of methoxy groups -OCH3 is 1. The lowest BCUT2D eigenvalue weighted by atomic mass is 10.1. The number of rotatable bonds is 7. The Bertz CT molecular complexity index is 642. The van der Waals surface area contributed by atoms with Crippen molar-refractivity contribution >= 4 is 17.8 Å². The van der Waals surface area contributed by atoms with E-state index in [1.54, 1.807) is 11.0 Å². The Hall–Kier alpha value is -2.63. The second kappa shape index (κ2) is 9.01. The molecule has 1 fully saturated rings. The molecule has 0 aromatic heterocycles. The van der Waals surface area contributed by atoms with Crippen molar-refractivity contribution in [3.8, 4) is 0 Å². The second-order valence-corrected chi connectivity index (χ2v) is 6.04. The molecule has 2 atom stereocenters. The van der Waals surface area contributed by atoms with Crippen LogP contribution in [0, 0.1) is 5.92 Å². The van der Waals surface area contributed by atoms with Crippen LogP contribution in [0.2, 0.25) is 0 Å². The number of nitrogens with one attached hydrogen (secondary N) is 1. The van der Waals surface area contributed by atoms with Gasteiger partial charge in [0.15, 0.2) is 0 Å². The molecular weight excluding hydrogens is 320 g/mol. The van der Waals surface area contributed by atoms with Crippen LogP contribution in [0.25, 0.3) is 0 Å². The van der Waals surface area contributed by atoms with Crippen LogP contribution < -0.4 is 5.32 Å². The van der Waals surface area contributed by atoms with Gasteiger partial charge in [0.25, 0.3) is 0 Å². The fourth-order valence-corrected chi connectivity index (χ4v) is 2.86. The van der Waals surface area contributed by atoms with Crippen LogP contribution >= 0.6 is 0 Å². The number of likely N-dealkylation sites (tertiary alicyclic amines) is 1.